The van der Waals surface area contributed by atoms with Gasteiger partial charge >= 0.3 is 5.97 Å². The number of carbonyl (C=O) groups excluding carboxylic acids is 1. The normalized spacial score (nSPS) is 11.2. The summed E-state index contributed by atoms with van der Waals surface area (Å²) < 4.78 is 17.4. The molecule has 0 radical (unpaired) electrons. The summed E-state index contributed by atoms with van der Waals surface area (Å²) >= 11 is 1.39. The fraction of sp³-hybridized carbons (Fsp3) is 0.176. The number of ether oxygens (including phenoxy) is 1. The summed E-state index contributed by atoms with van der Waals surface area (Å²) in [5.41, 5.74) is 0.527. The number of esters is 1. The molecule has 0 unspecified atom stereocenters. The Kier molecular flexibility index (Phi) is 3.92. The van der Waals surface area contributed by atoms with E-state index in [-0.39, 0.29) is 17.9 Å². The van der Waals surface area contributed by atoms with Crippen molar-refractivity contribution in [2.24, 2.45) is 0 Å². The van der Waals surface area contributed by atoms with E-state index in [0.29, 0.717) is 27.4 Å². The maximum absolute atomic E-state index is 12.7. The van der Waals surface area contributed by atoms with Crippen LogP contribution >= 0.6 is 11.3 Å². The van der Waals surface area contributed by atoms with E-state index in [1.165, 1.54) is 29.2 Å². The zero-order valence-electron chi connectivity index (χ0n) is 13.9. The molecule has 0 amide bonds. The van der Waals surface area contributed by atoms with Gasteiger partial charge in [0.2, 0.25) is 5.76 Å². The highest BCUT2D eigenvalue weighted by Gasteiger charge is 2.19. The first-order valence-electron chi connectivity index (χ1n) is 7.66. The third-order valence-electron chi connectivity index (χ3n) is 3.72. The second-order valence-corrected chi connectivity index (χ2v) is 6.66. The van der Waals surface area contributed by atoms with Gasteiger partial charge in [0.25, 0.3) is 5.56 Å². The highest BCUT2D eigenvalue weighted by Crippen LogP contribution is 2.29. The molecular formula is C17H13N3O5S. The quantitative estimate of drug-likeness (QED) is 0.508. The van der Waals surface area contributed by atoms with Gasteiger partial charge in [0.05, 0.1) is 23.1 Å². The van der Waals surface area contributed by atoms with Gasteiger partial charge in [-0.2, -0.15) is 5.10 Å². The Morgan fingerprint density at radius 3 is 2.92 bits per heavy atom. The molecule has 26 heavy (non-hydrogen) atoms. The van der Waals surface area contributed by atoms with Gasteiger partial charge in [-0.3, -0.25) is 4.79 Å². The van der Waals surface area contributed by atoms with E-state index in [1.54, 1.807) is 24.5 Å². The number of hydrogen-bond acceptors (Lipinski definition) is 8. The molecule has 0 aromatic carbocycles. The predicted octanol–water partition coefficient (Wildman–Crippen LogP) is 2.85. The number of fused-ring (bicyclic) bond motifs is 1. The first kappa shape index (κ1) is 16.3. The van der Waals surface area contributed by atoms with E-state index < -0.39 is 5.97 Å². The minimum Gasteiger partial charge on any atom is -0.463 e. The molecule has 0 aliphatic carbocycles. The number of thiazole rings is 1. The van der Waals surface area contributed by atoms with Crippen molar-refractivity contribution in [1.29, 1.82) is 0 Å². The molecule has 0 saturated carbocycles. The molecule has 0 aliphatic rings. The summed E-state index contributed by atoms with van der Waals surface area (Å²) in [5.74, 6) is 0.421. The molecule has 0 N–H and O–H groups in total. The van der Waals surface area contributed by atoms with Gasteiger partial charge < -0.3 is 13.6 Å². The molecule has 0 atom stereocenters. The van der Waals surface area contributed by atoms with Crippen molar-refractivity contribution in [3.8, 4) is 11.5 Å². The molecule has 4 rings (SSSR count). The summed E-state index contributed by atoms with van der Waals surface area (Å²) in [5, 5.41) is 5.19. The van der Waals surface area contributed by atoms with Crippen LogP contribution < -0.4 is 5.56 Å². The minimum absolute atomic E-state index is 0.0516. The largest absolute Gasteiger partial charge is 0.463 e. The number of furan rings is 2. The maximum atomic E-state index is 12.7. The highest BCUT2D eigenvalue weighted by atomic mass is 32.1. The van der Waals surface area contributed by atoms with Crippen molar-refractivity contribution < 1.29 is 18.4 Å². The van der Waals surface area contributed by atoms with E-state index in [2.05, 4.69) is 14.8 Å². The number of methoxy groups -OCH3 is 1. The lowest BCUT2D eigenvalue weighted by atomic mass is 10.3. The number of aryl methyl sites for hydroxylation is 1. The van der Waals surface area contributed by atoms with Crippen molar-refractivity contribution in [1.82, 2.24) is 14.8 Å². The first-order valence-corrected chi connectivity index (χ1v) is 8.47. The molecule has 4 heterocycles. The average Bonchev–Trinajstić information content (AvgIpc) is 3.37. The fourth-order valence-corrected chi connectivity index (χ4v) is 3.47. The second-order valence-electron chi connectivity index (χ2n) is 5.46. The second kappa shape index (κ2) is 6.26. The molecule has 0 saturated heterocycles. The summed E-state index contributed by atoms with van der Waals surface area (Å²) in [6.07, 6.45) is 1.54. The Labute approximate surface area is 150 Å². The van der Waals surface area contributed by atoms with Gasteiger partial charge in [-0.05, 0) is 31.2 Å². The van der Waals surface area contributed by atoms with Crippen molar-refractivity contribution in [2.45, 2.75) is 13.5 Å². The van der Waals surface area contributed by atoms with Crippen LogP contribution in [-0.4, -0.2) is 27.8 Å². The van der Waals surface area contributed by atoms with Crippen molar-refractivity contribution >= 4 is 27.5 Å². The standard InChI is InChI=1S/C17H13N3O5S/c1-9-18-14-15(26-9)13(11-4-3-7-24-11)19-20(16(14)21)8-10-5-6-12(25-10)17(22)23-2/h3-7H,8H2,1-2H3. The molecule has 0 fully saturated rings. The molecule has 0 bridgehead atoms. The summed E-state index contributed by atoms with van der Waals surface area (Å²) in [6, 6.07) is 6.61. The Hall–Kier alpha value is -3.20. The van der Waals surface area contributed by atoms with Crippen LogP contribution in [0, 0.1) is 6.92 Å². The van der Waals surface area contributed by atoms with Crippen LogP contribution in [0.5, 0.6) is 0 Å². The van der Waals surface area contributed by atoms with Crippen molar-refractivity contribution in [3.05, 3.63) is 57.4 Å². The summed E-state index contributed by atoms with van der Waals surface area (Å²) in [7, 11) is 1.27. The van der Waals surface area contributed by atoms with Gasteiger partial charge in [0.15, 0.2) is 11.3 Å². The molecular weight excluding hydrogens is 358 g/mol. The number of nitrogens with zero attached hydrogens (tertiary/aromatic N) is 3. The highest BCUT2D eigenvalue weighted by molar-refractivity contribution is 7.19. The monoisotopic (exact) mass is 371 g/mol. The summed E-state index contributed by atoms with van der Waals surface area (Å²) in [4.78, 5) is 28.6. The molecule has 8 nitrogen and oxygen atoms in total. The van der Waals surface area contributed by atoms with Crippen molar-refractivity contribution in [2.75, 3.05) is 7.11 Å². The maximum Gasteiger partial charge on any atom is 0.373 e. The van der Waals surface area contributed by atoms with E-state index in [9.17, 15) is 9.59 Å². The zero-order chi connectivity index (χ0) is 18.3. The van der Waals surface area contributed by atoms with Crippen LogP contribution in [0.15, 0.2) is 44.2 Å². The SMILES string of the molecule is COC(=O)c1ccc(Cn2nc(-c3ccco3)c3sc(C)nc3c2=O)o1. The van der Waals surface area contributed by atoms with Gasteiger partial charge in [0.1, 0.15) is 18.0 Å². The van der Waals surface area contributed by atoms with Gasteiger partial charge in [-0.1, -0.05) is 0 Å². The Balaban J connectivity index is 1.82. The summed E-state index contributed by atoms with van der Waals surface area (Å²) in [6.45, 7) is 1.88. The van der Waals surface area contributed by atoms with E-state index >= 15 is 0 Å². The van der Waals surface area contributed by atoms with Gasteiger partial charge in [0, 0.05) is 0 Å². The zero-order valence-corrected chi connectivity index (χ0v) is 14.7. The number of carbonyl (C=O) groups is 1. The van der Waals surface area contributed by atoms with E-state index in [1.807, 2.05) is 6.92 Å². The molecule has 4 aromatic rings. The topological polar surface area (TPSA) is 100 Å². The van der Waals surface area contributed by atoms with Crippen molar-refractivity contribution in [3.63, 3.8) is 0 Å². The lowest BCUT2D eigenvalue weighted by Crippen LogP contribution is -2.24. The first-order chi connectivity index (χ1) is 12.6. The third kappa shape index (κ3) is 2.72. The van der Waals surface area contributed by atoms with Crippen LogP contribution in [0.25, 0.3) is 21.7 Å². The molecule has 4 aromatic heterocycles. The van der Waals surface area contributed by atoms with Gasteiger partial charge in [-0.15, -0.1) is 11.3 Å². The van der Waals surface area contributed by atoms with Crippen LogP contribution in [0.4, 0.5) is 0 Å². The number of aromatic nitrogens is 3. The number of hydrogen-bond donors (Lipinski definition) is 0. The van der Waals surface area contributed by atoms with Crippen LogP contribution in [-0.2, 0) is 11.3 Å². The van der Waals surface area contributed by atoms with Crippen LogP contribution in [0.3, 0.4) is 0 Å². The molecule has 0 aliphatic heterocycles. The van der Waals surface area contributed by atoms with Gasteiger partial charge in [-0.25, -0.2) is 14.5 Å². The Morgan fingerprint density at radius 1 is 1.35 bits per heavy atom. The van der Waals surface area contributed by atoms with Crippen LogP contribution in [0.1, 0.15) is 21.3 Å². The van der Waals surface area contributed by atoms with Crippen LogP contribution in [0.2, 0.25) is 0 Å². The number of rotatable bonds is 4. The Bertz CT molecular complexity index is 1150. The van der Waals surface area contributed by atoms with E-state index in [4.69, 9.17) is 8.83 Å². The Morgan fingerprint density at radius 2 is 2.19 bits per heavy atom. The fourth-order valence-electron chi connectivity index (χ4n) is 2.57. The molecule has 9 heteroatoms. The predicted molar refractivity (Wildman–Crippen MR) is 93.3 cm³/mol. The minimum atomic E-state index is -0.585. The molecule has 0 spiro atoms. The third-order valence-corrected chi connectivity index (χ3v) is 4.69. The smallest absolute Gasteiger partial charge is 0.373 e. The molecule has 132 valence electrons. The lowest BCUT2D eigenvalue weighted by molar-refractivity contribution is 0.0562. The lowest BCUT2D eigenvalue weighted by Gasteiger charge is -2.05. The average molecular weight is 371 g/mol. The van der Waals surface area contributed by atoms with E-state index in [0.717, 1.165) is 5.01 Å².